The zero-order valence-corrected chi connectivity index (χ0v) is 14.4. The lowest BCUT2D eigenvalue weighted by molar-refractivity contribution is 0.0999. The van der Waals surface area contributed by atoms with Gasteiger partial charge in [-0.1, -0.05) is 12.1 Å². The van der Waals surface area contributed by atoms with E-state index in [9.17, 15) is 0 Å². The molecule has 1 fully saturated rings. The maximum Gasteiger partial charge on any atom is 0.206 e. The van der Waals surface area contributed by atoms with Crippen molar-refractivity contribution in [2.75, 3.05) is 37.7 Å². The summed E-state index contributed by atoms with van der Waals surface area (Å²) < 4.78 is 13.4. The van der Waals surface area contributed by atoms with Crippen molar-refractivity contribution in [2.24, 2.45) is 0 Å². The molecule has 1 aliphatic heterocycles. The standard InChI is InChI=1S/C19H24N4O2/c1-2-7-18-17(6-1)21-19(22-10-4-8-20-9-11-22)23(18)12-14-24-15-16-5-3-13-25-16/h1-3,5-7,13,20H,4,8-12,14-15H2. The highest BCUT2D eigenvalue weighted by molar-refractivity contribution is 5.78. The lowest BCUT2D eigenvalue weighted by Gasteiger charge is -2.22. The van der Waals surface area contributed by atoms with E-state index in [0.29, 0.717) is 13.2 Å². The summed E-state index contributed by atoms with van der Waals surface area (Å²) in [5, 5.41) is 3.45. The molecule has 3 heterocycles. The summed E-state index contributed by atoms with van der Waals surface area (Å²) in [6.07, 6.45) is 2.81. The van der Waals surface area contributed by atoms with Gasteiger partial charge in [0.25, 0.3) is 0 Å². The molecule has 0 unspecified atom stereocenters. The summed E-state index contributed by atoms with van der Waals surface area (Å²) in [4.78, 5) is 7.28. The van der Waals surface area contributed by atoms with Crippen LogP contribution in [0.3, 0.4) is 0 Å². The van der Waals surface area contributed by atoms with Gasteiger partial charge in [0.15, 0.2) is 0 Å². The van der Waals surface area contributed by atoms with Crippen molar-refractivity contribution in [3.05, 3.63) is 48.4 Å². The van der Waals surface area contributed by atoms with Crippen LogP contribution in [0, 0.1) is 0 Å². The Morgan fingerprint density at radius 2 is 2.08 bits per heavy atom. The number of rotatable bonds is 6. The molecule has 6 heteroatoms. The Morgan fingerprint density at radius 1 is 1.12 bits per heavy atom. The quantitative estimate of drug-likeness (QED) is 0.699. The summed E-state index contributed by atoms with van der Waals surface area (Å²) in [6, 6.07) is 12.1. The van der Waals surface area contributed by atoms with Crippen LogP contribution in [-0.2, 0) is 17.9 Å². The van der Waals surface area contributed by atoms with Gasteiger partial charge in [0.05, 0.1) is 23.9 Å². The third kappa shape index (κ3) is 3.70. The summed E-state index contributed by atoms with van der Waals surface area (Å²) in [5.74, 6) is 1.90. The highest BCUT2D eigenvalue weighted by Gasteiger charge is 2.18. The number of para-hydroxylation sites is 2. The number of anilines is 1. The minimum Gasteiger partial charge on any atom is -0.467 e. The molecule has 2 aromatic heterocycles. The number of imidazole rings is 1. The van der Waals surface area contributed by atoms with Crippen LogP contribution in [-0.4, -0.2) is 42.3 Å². The van der Waals surface area contributed by atoms with Crippen molar-refractivity contribution < 1.29 is 9.15 Å². The largest absolute Gasteiger partial charge is 0.467 e. The molecule has 0 bridgehead atoms. The van der Waals surface area contributed by atoms with Crippen LogP contribution in [0.25, 0.3) is 11.0 Å². The molecule has 0 radical (unpaired) electrons. The van der Waals surface area contributed by atoms with Gasteiger partial charge >= 0.3 is 0 Å². The van der Waals surface area contributed by atoms with Gasteiger partial charge < -0.3 is 23.9 Å². The molecule has 1 N–H and O–H groups in total. The molecule has 1 saturated heterocycles. The number of hydrogen-bond acceptors (Lipinski definition) is 5. The van der Waals surface area contributed by atoms with Crippen molar-refractivity contribution in [1.29, 1.82) is 0 Å². The lowest BCUT2D eigenvalue weighted by atomic mass is 10.3. The van der Waals surface area contributed by atoms with Gasteiger partial charge in [-0.2, -0.15) is 0 Å². The Labute approximate surface area is 147 Å². The van der Waals surface area contributed by atoms with E-state index in [2.05, 4.69) is 33.0 Å². The lowest BCUT2D eigenvalue weighted by Crippen LogP contribution is -2.30. The van der Waals surface area contributed by atoms with Gasteiger partial charge in [-0.15, -0.1) is 0 Å². The fourth-order valence-electron chi connectivity index (χ4n) is 3.29. The third-order valence-corrected chi connectivity index (χ3v) is 4.54. The van der Waals surface area contributed by atoms with Crippen LogP contribution in [0.15, 0.2) is 47.1 Å². The van der Waals surface area contributed by atoms with Gasteiger partial charge in [-0.3, -0.25) is 0 Å². The molecule has 0 aliphatic carbocycles. The molecule has 1 aliphatic rings. The Balaban J connectivity index is 1.51. The second kappa shape index (κ2) is 7.72. The number of nitrogens with one attached hydrogen (secondary N) is 1. The Morgan fingerprint density at radius 3 is 3.00 bits per heavy atom. The van der Waals surface area contributed by atoms with Crippen molar-refractivity contribution in [3.63, 3.8) is 0 Å². The van der Waals surface area contributed by atoms with E-state index in [1.165, 1.54) is 0 Å². The highest BCUT2D eigenvalue weighted by Crippen LogP contribution is 2.23. The maximum absolute atomic E-state index is 5.79. The normalized spacial score (nSPS) is 15.6. The first-order chi connectivity index (χ1) is 12.4. The van der Waals surface area contributed by atoms with Crippen LogP contribution in [0.2, 0.25) is 0 Å². The van der Waals surface area contributed by atoms with Crippen LogP contribution in [0.1, 0.15) is 12.2 Å². The van der Waals surface area contributed by atoms with E-state index in [1.54, 1.807) is 6.26 Å². The topological polar surface area (TPSA) is 55.5 Å². The van der Waals surface area contributed by atoms with Gasteiger partial charge in [0, 0.05) is 26.2 Å². The van der Waals surface area contributed by atoms with Crippen LogP contribution in [0.5, 0.6) is 0 Å². The molecule has 0 amide bonds. The first kappa shape index (κ1) is 16.2. The van der Waals surface area contributed by atoms with E-state index in [0.717, 1.165) is 61.9 Å². The Bertz CT molecular complexity index is 789. The number of hydrogen-bond donors (Lipinski definition) is 1. The van der Waals surface area contributed by atoms with Crippen molar-refractivity contribution in [3.8, 4) is 0 Å². The monoisotopic (exact) mass is 340 g/mol. The molecule has 1 aromatic carbocycles. The highest BCUT2D eigenvalue weighted by atomic mass is 16.5. The predicted molar refractivity (Wildman–Crippen MR) is 97.8 cm³/mol. The second-order valence-corrected chi connectivity index (χ2v) is 6.27. The van der Waals surface area contributed by atoms with Gasteiger partial charge in [-0.25, -0.2) is 4.98 Å². The number of ether oxygens (including phenoxy) is 1. The average Bonchev–Trinajstić information content (AvgIpc) is 3.19. The molecule has 6 nitrogen and oxygen atoms in total. The molecular weight excluding hydrogens is 316 g/mol. The summed E-state index contributed by atoms with van der Waals surface area (Å²) in [5.41, 5.74) is 2.21. The fraction of sp³-hybridized carbons (Fsp3) is 0.421. The minimum absolute atomic E-state index is 0.503. The van der Waals surface area contributed by atoms with E-state index in [-0.39, 0.29) is 0 Å². The van der Waals surface area contributed by atoms with Crippen molar-refractivity contribution in [2.45, 2.75) is 19.6 Å². The van der Waals surface area contributed by atoms with Crippen LogP contribution >= 0.6 is 0 Å². The minimum atomic E-state index is 0.503. The van der Waals surface area contributed by atoms with E-state index < -0.39 is 0 Å². The van der Waals surface area contributed by atoms with E-state index >= 15 is 0 Å². The maximum atomic E-state index is 5.79. The molecule has 0 saturated carbocycles. The van der Waals surface area contributed by atoms with Crippen LogP contribution < -0.4 is 10.2 Å². The van der Waals surface area contributed by atoms with Crippen molar-refractivity contribution in [1.82, 2.24) is 14.9 Å². The smallest absolute Gasteiger partial charge is 0.206 e. The first-order valence-electron chi connectivity index (χ1n) is 8.93. The molecule has 0 atom stereocenters. The van der Waals surface area contributed by atoms with E-state index in [4.69, 9.17) is 14.1 Å². The SMILES string of the molecule is c1coc(COCCn2c(N3CCCNCC3)nc3ccccc32)c1. The van der Waals surface area contributed by atoms with Gasteiger partial charge in [0.2, 0.25) is 5.95 Å². The molecule has 3 aromatic rings. The Hall–Kier alpha value is -2.31. The number of aromatic nitrogens is 2. The first-order valence-corrected chi connectivity index (χ1v) is 8.93. The predicted octanol–water partition coefficient (Wildman–Crippen LogP) is 2.65. The average molecular weight is 340 g/mol. The van der Waals surface area contributed by atoms with Crippen LogP contribution in [0.4, 0.5) is 5.95 Å². The number of nitrogens with zero attached hydrogens (tertiary/aromatic N) is 3. The molecule has 4 rings (SSSR count). The van der Waals surface area contributed by atoms with Gasteiger partial charge in [-0.05, 0) is 37.2 Å². The zero-order chi connectivity index (χ0) is 16.9. The molecule has 25 heavy (non-hydrogen) atoms. The zero-order valence-electron chi connectivity index (χ0n) is 14.4. The molecule has 132 valence electrons. The second-order valence-electron chi connectivity index (χ2n) is 6.27. The molecular formula is C19H24N4O2. The number of fused-ring (bicyclic) bond motifs is 1. The number of benzene rings is 1. The summed E-state index contributed by atoms with van der Waals surface area (Å²) in [6.45, 7) is 5.99. The fourth-order valence-corrected chi connectivity index (χ4v) is 3.29. The van der Waals surface area contributed by atoms with E-state index in [1.807, 2.05) is 18.2 Å². The third-order valence-electron chi connectivity index (χ3n) is 4.54. The van der Waals surface area contributed by atoms with Crippen molar-refractivity contribution >= 4 is 17.0 Å². The molecule has 0 spiro atoms. The van der Waals surface area contributed by atoms with Gasteiger partial charge in [0.1, 0.15) is 12.4 Å². The Kier molecular flexibility index (Phi) is 4.99. The summed E-state index contributed by atoms with van der Waals surface area (Å²) >= 11 is 0. The summed E-state index contributed by atoms with van der Waals surface area (Å²) in [7, 11) is 0. The number of furan rings is 1.